The highest BCUT2D eigenvalue weighted by molar-refractivity contribution is 7.20. The maximum atomic E-state index is 14.0. The molecule has 0 fully saturated rings. The fourth-order valence-electron chi connectivity index (χ4n) is 5.50. The van der Waals surface area contributed by atoms with Crippen molar-refractivity contribution in [2.75, 3.05) is 7.11 Å². The van der Waals surface area contributed by atoms with Gasteiger partial charge in [-0.3, -0.25) is 14.4 Å². The van der Waals surface area contributed by atoms with E-state index < -0.39 is 23.9 Å². The lowest BCUT2D eigenvalue weighted by Crippen LogP contribution is -2.52. The van der Waals surface area contributed by atoms with E-state index in [1.54, 1.807) is 13.2 Å². The minimum absolute atomic E-state index is 0.0980. The number of aromatic nitrogens is 3. The smallest absolute Gasteiger partial charge is 0.268 e. The van der Waals surface area contributed by atoms with Crippen molar-refractivity contribution in [3.63, 3.8) is 0 Å². The Bertz CT molecular complexity index is 1950. The summed E-state index contributed by atoms with van der Waals surface area (Å²) in [4.78, 5) is 52.2. The number of ketones is 1. The molecule has 0 radical (unpaired) electrons. The van der Waals surface area contributed by atoms with Gasteiger partial charge < -0.3 is 25.3 Å². The molecule has 0 unspecified atom stereocenters. The summed E-state index contributed by atoms with van der Waals surface area (Å²) in [5.41, 5.74) is 3.64. The summed E-state index contributed by atoms with van der Waals surface area (Å²) in [5.74, 6) is -0.388. The number of ether oxygens (including phenoxy) is 1. The predicted octanol–water partition coefficient (Wildman–Crippen LogP) is 6.02. The second kappa shape index (κ2) is 12.3. The number of fused-ring (bicyclic) bond motifs is 3. The van der Waals surface area contributed by atoms with E-state index in [4.69, 9.17) is 4.74 Å². The minimum Gasteiger partial charge on any atom is -0.496 e. The van der Waals surface area contributed by atoms with E-state index in [1.165, 1.54) is 11.3 Å². The average Bonchev–Trinajstić information content (AvgIpc) is 3.76. The molecule has 0 aliphatic carbocycles. The minimum atomic E-state index is -0.897. The molecule has 9 nitrogen and oxygen atoms in total. The Morgan fingerprint density at radius 2 is 1.68 bits per heavy atom. The molecule has 0 bridgehead atoms. The van der Waals surface area contributed by atoms with Gasteiger partial charge in [0.25, 0.3) is 5.91 Å². The van der Waals surface area contributed by atoms with Gasteiger partial charge in [0, 0.05) is 34.4 Å². The Morgan fingerprint density at radius 1 is 0.909 bits per heavy atom. The van der Waals surface area contributed by atoms with E-state index in [2.05, 4.69) is 25.6 Å². The first-order valence-corrected chi connectivity index (χ1v) is 15.3. The SMILES string of the molecule is COc1cccc2[nH]c(C(=O)N[C@@H](CC(C)C)C(=O)N[C@@H](Cc3c[nH]c4ccccc34)C(=O)c3nc4ccccc4s3)cc12. The van der Waals surface area contributed by atoms with Crippen molar-refractivity contribution >= 4 is 61.0 Å². The molecule has 4 N–H and O–H groups in total. The number of aromatic amines is 2. The van der Waals surface area contributed by atoms with Crippen molar-refractivity contribution in [2.24, 2.45) is 5.92 Å². The number of carbonyl (C=O) groups is 3. The highest BCUT2D eigenvalue weighted by atomic mass is 32.1. The number of nitrogens with one attached hydrogen (secondary N) is 4. The first-order chi connectivity index (χ1) is 21.3. The summed E-state index contributed by atoms with van der Waals surface area (Å²) in [5, 5.41) is 7.96. The third kappa shape index (κ3) is 5.93. The van der Waals surface area contributed by atoms with E-state index in [1.807, 2.05) is 86.8 Å². The van der Waals surface area contributed by atoms with Gasteiger partial charge in [0.2, 0.25) is 11.7 Å². The van der Waals surface area contributed by atoms with Gasteiger partial charge in [0.15, 0.2) is 5.01 Å². The molecule has 3 aromatic carbocycles. The van der Waals surface area contributed by atoms with Crippen molar-refractivity contribution in [1.29, 1.82) is 0 Å². The Labute approximate surface area is 258 Å². The quantitative estimate of drug-likeness (QED) is 0.134. The van der Waals surface area contributed by atoms with Gasteiger partial charge in [-0.1, -0.05) is 50.2 Å². The number of hydrogen-bond acceptors (Lipinski definition) is 6. The predicted molar refractivity (Wildman–Crippen MR) is 173 cm³/mol. The summed E-state index contributed by atoms with van der Waals surface area (Å²) in [6.07, 6.45) is 2.51. The second-order valence-electron chi connectivity index (χ2n) is 11.2. The van der Waals surface area contributed by atoms with E-state index in [0.717, 1.165) is 37.6 Å². The fraction of sp³-hybridized carbons (Fsp3) is 0.235. The van der Waals surface area contributed by atoms with Gasteiger partial charge in [0.1, 0.15) is 17.5 Å². The van der Waals surface area contributed by atoms with E-state index in [9.17, 15) is 14.4 Å². The van der Waals surface area contributed by atoms with Crippen LogP contribution in [-0.4, -0.2) is 51.7 Å². The summed E-state index contributed by atoms with van der Waals surface area (Å²) < 4.78 is 6.33. The number of Topliss-reactive ketones (excluding diaryl/α,β-unsaturated/α-hetero) is 1. The first kappa shape index (κ1) is 29.1. The van der Waals surface area contributed by atoms with Crippen LogP contribution in [0.25, 0.3) is 32.0 Å². The topological polar surface area (TPSA) is 129 Å². The molecule has 0 aliphatic heterocycles. The number of amides is 2. The molecule has 6 aromatic rings. The lowest BCUT2D eigenvalue weighted by Gasteiger charge is -2.23. The molecule has 224 valence electrons. The van der Waals surface area contributed by atoms with Crippen molar-refractivity contribution in [3.05, 3.63) is 95.3 Å². The molecule has 3 aromatic heterocycles. The standard InChI is InChI=1S/C34H33N5O4S/c1-19(2)15-27(38-33(42)28-17-22-24(36-28)12-8-13-29(22)43-3)32(41)37-26(16-20-18-35-23-10-5-4-9-21(20)23)31(40)34-39-25-11-6-7-14-30(25)44-34/h4-14,17-19,26-27,35-36H,15-16H2,1-3H3,(H,37,41)(H,38,42)/t26-,27-/m0/s1. The van der Waals surface area contributed by atoms with Crippen LogP contribution in [0.15, 0.2) is 79.0 Å². The maximum Gasteiger partial charge on any atom is 0.268 e. The van der Waals surface area contributed by atoms with Gasteiger partial charge in [-0.25, -0.2) is 4.98 Å². The van der Waals surface area contributed by atoms with Crippen LogP contribution in [0.1, 0.15) is 46.1 Å². The number of para-hydroxylation sites is 2. The molecule has 0 saturated carbocycles. The largest absolute Gasteiger partial charge is 0.496 e. The molecule has 0 saturated heterocycles. The molecule has 2 atom stereocenters. The van der Waals surface area contributed by atoms with Crippen molar-refractivity contribution in [1.82, 2.24) is 25.6 Å². The van der Waals surface area contributed by atoms with Crippen LogP contribution in [-0.2, 0) is 11.2 Å². The summed E-state index contributed by atoms with van der Waals surface area (Å²) in [6.45, 7) is 3.96. The Kier molecular flexibility index (Phi) is 8.17. The van der Waals surface area contributed by atoms with Gasteiger partial charge >= 0.3 is 0 Å². The molecule has 0 aliphatic rings. The van der Waals surface area contributed by atoms with E-state index >= 15 is 0 Å². The lowest BCUT2D eigenvalue weighted by atomic mass is 9.99. The summed E-state index contributed by atoms with van der Waals surface area (Å²) >= 11 is 1.31. The molecule has 10 heteroatoms. The molecular formula is C34H33N5O4S. The zero-order valence-corrected chi connectivity index (χ0v) is 25.5. The number of methoxy groups -OCH3 is 1. The highest BCUT2D eigenvalue weighted by Crippen LogP contribution is 2.27. The van der Waals surface area contributed by atoms with Crippen LogP contribution < -0.4 is 15.4 Å². The van der Waals surface area contributed by atoms with Gasteiger partial charge in [-0.2, -0.15) is 0 Å². The molecule has 6 rings (SSSR count). The number of hydrogen-bond donors (Lipinski definition) is 4. The fourth-order valence-corrected chi connectivity index (χ4v) is 6.46. The van der Waals surface area contributed by atoms with Gasteiger partial charge in [-0.15, -0.1) is 11.3 Å². The van der Waals surface area contributed by atoms with Gasteiger partial charge in [0.05, 0.1) is 23.4 Å². The highest BCUT2D eigenvalue weighted by Gasteiger charge is 2.31. The van der Waals surface area contributed by atoms with Crippen molar-refractivity contribution in [3.8, 4) is 5.75 Å². The van der Waals surface area contributed by atoms with E-state index in [-0.39, 0.29) is 18.1 Å². The first-order valence-electron chi connectivity index (χ1n) is 14.5. The third-order valence-electron chi connectivity index (χ3n) is 7.65. The monoisotopic (exact) mass is 607 g/mol. The Balaban J connectivity index is 1.28. The lowest BCUT2D eigenvalue weighted by molar-refractivity contribution is -0.123. The number of rotatable bonds is 11. The number of thiazole rings is 1. The molecule has 3 heterocycles. The third-order valence-corrected chi connectivity index (χ3v) is 8.71. The molecule has 2 amide bonds. The number of benzene rings is 3. The second-order valence-corrected chi connectivity index (χ2v) is 12.3. The zero-order chi connectivity index (χ0) is 30.8. The number of carbonyl (C=O) groups excluding carboxylic acids is 3. The molecule has 0 spiro atoms. The zero-order valence-electron chi connectivity index (χ0n) is 24.6. The normalized spacial score (nSPS) is 12.9. The van der Waals surface area contributed by atoms with Crippen LogP contribution in [0.2, 0.25) is 0 Å². The van der Waals surface area contributed by atoms with Crippen LogP contribution in [0.3, 0.4) is 0 Å². The maximum absolute atomic E-state index is 14.0. The Morgan fingerprint density at radius 3 is 2.48 bits per heavy atom. The molecular weight excluding hydrogens is 574 g/mol. The average molecular weight is 608 g/mol. The number of H-pyrrole nitrogens is 2. The van der Waals surface area contributed by atoms with E-state index in [0.29, 0.717) is 22.9 Å². The molecule has 44 heavy (non-hydrogen) atoms. The van der Waals surface area contributed by atoms with Crippen molar-refractivity contribution < 1.29 is 19.1 Å². The van der Waals surface area contributed by atoms with Crippen LogP contribution in [0.5, 0.6) is 5.75 Å². The van der Waals surface area contributed by atoms with Gasteiger partial charge in [-0.05, 0) is 54.3 Å². The van der Waals surface area contributed by atoms with Crippen LogP contribution in [0.4, 0.5) is 0 Å². The van der Waals surface area contributed by atoms with Crippen molar-refractivity contribution in [2.45, 2.75) is 38.8 Å². The van der Waals surface area contributed by atoms with Crippen LogP contribution in [0, 0.1) is 5.92 Å². The summed E-state index contributed by atoms with van der Waals surface area (Å²) in [6, 6.07) is 20.9. The summed E-state index contributed by atoms with van der Waals surface area (Å²) in [7, 11) is 1.58. The Hall–Kier alpha value is -4.96. The number of nitrogens with zero attached hydrogens (tertiary/aromatic N) is 1. The van der Waals surface area contributed by atoms with Crippen LogP contribution >= 0.6 is 11.3 Å².